The van der Waals surface area contributed by atoms with Crippen LogP contribution in [0.4, 0.5) is 11.8 Å². The monoisotopic (exact) mass is 855 g/mol. The topological polar surface area (TPSA) is 284 Å². The molecule has 1 aliphatic carbocycles. The van der Waals surface area contributed by atoms with Gasteiger partial charge in [0.05, 0.1) is 38.1 Å². The highest BCUT2D eigenvalue weighted by Gasteiger charge is 2.53. The number of hydrogen-bond donors (Lipinski definition) is 5. The highest BCUT2D eigenvalue weighted by Crippen LogP contribution is 2.54. The van der Waals surface area contributed by atoms with Crippen LogP contribution in [-0.2, 0) is 41.2 Å². The molecule has 0 spiro atoms. The van der Waals surface area contributed by atoms with Crippen LogP contribution in [0.2, 0.25) is 18.1 Å². The number of imidazole rings is 1. The lowest BCUT2D eigenvalue weighted by atomic mass is 10.1. The van der Waals surface area contributed by atoms with E-state index in [1.807, 2.05) is 39.9 Å². The Kier molecular flexibility index (Phi) is 14.6. The average molecular weight is 856 g/mol. The number of nitriles is 1. The first-order chi connectivity index (χ1) is 26.8. The van der Waals surface area contributed by atoms with Crippen molar-refractivity contribution < 1.29 is 51.2 Å². The fourth-order valence-electron chi connectivity index (χ4n) is 6.14. The number of phosphoric acid groups is 1. The Morgan fingerprint density at radius 3 is 2.63 bits per heavy atom. The molecule has 1 saturated heterocycles. The first kappa shape index (κ1) is 44.6. The second-order valence-electron chi connectivity index (χ2n) is 15.6. The lowest BCUT2D eigenvalue weighted by Gasteiger charge is -2.40. The molecule has 314 valence electrons. The average Bonchev–Trinajstić information content (AvgIpc) is 3.82. The number of carbonyl (C=O) groups is 1. The van der Waals surface area contributed by atoms with Gasteiger partial charge in [-0.15, -0.1) is 0 Å². The molecule has 2 aliphatic rings. The molecule has 1 aliphatic heterocycles. The van der Waals surface area contributed by atoms with Crippen molar-refractivity contribution in [2.75, 3.05) is 30.5 Å². The zero-order chi connectivity index (χ0) is 41.7. The van der Waals surface area contributed by atoms with E-state index in [-0.39, 0.29) is 47.8 Å². The number of ether oxygens (including phenoxy) is 1. The number of aliphatic hydroxyl groups excluding tert-OH is 1. The predicted octanol–water partition coefficient (Wildman–Crippen LogP) is 3.88. The number of fused-ring (bicyclic) bond motifs is 1. The second kappa shape index (κ2) is 18.6. The van der Waals surface area contributed by atoms with Crippen LogP contribution >= 0.6 is 16.1 Å². The molecule has 24 heteroatoms. The number of aliphatic hydroxyl groups is 1. The van der Waals surface area contributed by atoms with Gasteiger partial charge in [-0.05, 0) is 37.0 Å². The summed E-state index contributed by atoms with van der Waals surface area (Å²) >= 11 is 0. The van der Waals surface area contributed by atoms with Crippen LogP contribution in [-0.4, -0.2) is 104 Å². The summed E-state index contributed by atoms with van der Waals surface area (Å²) < 4.78 is 64.7. The van der Waals surface area contributed by atoms with Gasteiger partial charge in [0, 0.05) is 30.7 Å². The van der Waals surface area contributed by atoms with Gasteiger partial charge < -0.3 is 24.5 Å². The van der Waals surface area contributed by atoms with Crippen molar-refractivity contribution in [1.82, 2.24) is 29.5 Å². The Bertz CT molecular complexity index is 2030. The summed E-state index contributed by atoms with van der Waals surface area (Å²) in [5.41, 5.74) is -0.838. The van der Waals surface area contributed by atoms with Gasteiger partial charge in [-0.25, -0.2) is 19.5 Å². The second-order valence-corrected chi connectivity index (χ2v) is 22.8. The van der Waals surface area contributed by atoms with Crippen LogP contribution in [0.5, 0.6) is 0 Å². The highest BCUT2D eigenvalue weighted by molar-refractivity contribution is 7.48. The molecule has 21 nitrogen and oxygen atoms in total. The third-order valence-electron chi connectivity index (χ3n) is 10.2. The fraction of sp³-hybridized carbons (Fsp3) is 0.667. The Labute approximate surface area is 330 Å². The van der Waals surface area contributed by atoms with Crippen molar-refractivity contribution in [3.05, 3.63) is 35.3 Å². The van der Waals surface area contributed by atoms with Crippen molar-refractivity contribution in [1.29, 1.82) is 5.26 Å². The minimum Gasteiger partial charge on any atom is -0.408 e. The number of amides is 1. The van der Waals surface area contributed by atoms with E-state index in [2.05, 4.69) is 35.6 Å². The van der Waals surface area contributed by atoms with Crippen molar-refractivity contribution in [3.63, 3.8) is 0 Å². The molecule has 57 heavy (non-hydrogen) atoms. The van der Waals surface area contributed by atoms with Gasteiger partial charge in [0.2, 0.25) is 11.9 Å². The number of carbonyl (C=O) groups excluding carboxylic acids is 1. The lowest BCUT2D eigenvalue weighted by molar-refractivity contribution is -0.118. The Balaban J connectivity index is 1.48. The summed E-state index contributed by atoms with van der Waals surface area (Å²) in [7, 11) is -10.9. The van der Waals surface area contributed by atoms with Gasteiger partial charge in [-0.3, -0.25) is 47.1 Å². The third-order valence-corrected chi connectivity index (χ3v) is 16.6. The highest BCUT2D eigenvalue weighted by atomic mass is 31.2. The summed E-state index contributed by atoms with van der Waals surface area (Å²) in [4.78, 5) is 54.9. The molecule has 4 heterocycles. The Morgan fingerprint density at radius 2 is 2.00 bits per heavy atom. The summed E-state index contributed by atoms with van der Waals surface area (Å²) in [6.07, 6.45) is -0.952. The summed E-state index contributed by atoms with van der Waals surface area (Å²) in [5, 5.41) is 24.9. The van der Waals surface area contributed by atoms with E-state index in [1.165, 1.54) is 17.2 Å². The van der Waals surface area contributed by atoms with Crippen LogP contribution in [0.3, 0.4) is 0 Å². The minimum absolute atomic E-state index is 0.0445. The number of aromatic nitrogens is 6. The molecule has 1 amide bonds. The third kappa shape index (κ3) is 11.0. The molecule has 5 rings (SSSR count). The zero-order valence-electron chi connectivity index (χ0n) is 32.8. The number of rotatable bonds is 18. The van der Waals surface area contributed by atoms with Crippen molar-refractivity contribution >= 4 is 53.2 Å². The number of H-pyrrole nitrogens is 1. The molecular formula is C33H51N9O12P2Si. The van der Waals surface area contributed by atoms with Gasteiger partial charge in [0.15, 0.2) is 25.7 Å². The molecule has 1 saturated carbocycles. The number of anilines is 2. The molecule has 0 aromatic carbocycles. The van der Waals surface area contributed by atoms with Crippen LogP contribution in [0.1, 0.15) is 60.1 Å². The van der Waals surface area contributed by atoms with E-state index < -0.39 is 84.9 Å². The van der Waals surface area contributed by atoms with Gasteiger partial charge in [0.25, 0.3) is 5.56 Å². The van der Waals surface area contributed by atoms with Crippen molar-refractivity contribution in [2.24, 2.45) is 11.8 Å². The maximum Gasteiger partial charge on any atom is 0.475 e. The van der Waals surface area contributed by atoms with Gasteiger partial charge in [0.1, 0.15) is 30.5 Å². The van der Waals surface area contributed by atoms with Crippen molar-refractivity contribution in [2.45, 2.75) is 109 Å². The van der Waals surface area contributed by atoms with Gasteiger partial charge in [-0.2, -0.15) is 10.2 Å². The molecule has 3 unspecified atom stereocenters. The zero-order valence-corrected chi connectivity index (χ0v) is 35.7. The number of phosphoric ester groups is 1. The molecule has 9 atom stereocenters. The molecule has 3 aromatic rings. The first-order valence-corrected chi connectivity index (χ1v) is 24.1. The number of nitrogens with zero attached hydrogens (tertiary/aromatic N) is 6. The molecule has 5 N–H and O–H groups in total. The number of nitrogens with one attached hydrogen (secondary N) is 3. The maximum absolute atomic E-state index is 14.4. The first-order valence-electron chi connectivity index (χ1n) is 18.4. The van der Waals surface area contributed by atoms with E-state index in [9.17, 15) is 34.0 Å². The summed E-state index contributed by atoms with van der Waals surface area (Å²) in [5.74, 6) is -0.921. The molecular weight excluding hydrogens is 804 g/mol. The largest absolute Gasteiger partial charge is 0.475 e. The van der Waals surface area contributed by atoms with E-state index in [0.717, 1.165) is 0 Å². The summed E-state index contributed by atoms with van der Waals surface area (Å²) in [6.45, 7) is 12.1. The van der Waals surface area contributed by atoms with E-state index in [4.69, 9.17) is 27.3 Å². The van der Waals surface area contributed by atoms with E-state index in [1.54, 1.807) is 26.1 Å². The lowest BCUT2D eigenvalue weighted by Crippen LogP contribution is -2.50. The fourth-order valence-corrected chi connectivity index (χ4v) is 9.38. The van der Waals surface area contributed by atoms with Crippen LogP contribution in [0.25, 0.3) is 11.2 Å². The van der Waals surface area contributed by atoms with Crippen LogP contribution < -0.4 is 16.2 Å². The van der Waals surface area contributed by atoms with Gasteiger partial charge >= 0.3 is 16.1 Å². The number of aromatic amines is 1. The SMILES string of the molecule is CC(C)C(=O)Nc1nc2c(ncn2[C@@H]2O[C@H](COP(=O)(OCCC#N)O[C@H]3C[C@H](Nc4ccncn4)C[C@@H]3CO)C(O[Si](C)(C)C(C)(C)C)[C@H]2O[PH](=O)O)c(=O)[nH]1. The molecule has 2 fully saturated rings. The minimum atomic E-state index is -4.52. The molecule has 3 aromatic heterocycles. The predicted molar refractivity (Wildman–Crippen MR) is 208 cm³/mol. The standard InChI is InChI=1S/C33H51N9O12P2Si/c1-19(2)29(44)40-32-39-28-25(30(45)41-32)37-18-42(28)31-27(52-55(46)47)26(54-57(6,7)33(3,4)5)23(51-31)16-50-56(48,49-12-8-10-34)53-22-14-21(13-20(22)15-43)38-24-9-11-35-17-36-24/h9,11,17-23,26-27,31,43,55H,8,12-16H2,1-7H3,(H,46,47)(H,35,36,38)(H2,39,40,41,44,45)/t20-,21-,22+,23-,26?,27-,31-,56?/m1/s1. The normalized spacial score (nSPS) is 25.7. The van der Waals surface area contributed by atoms with Gasteiger partial charge in [-0.1, -0.05) is 34.6 Å². The number of hydrogen-bond acceptors (Lipinski definition) is 17. The Hall–Kier alpha value is -3.45. The van der Waals surface area contributed by atoms with E-state index >= 15 is 0 Å². The van der Waals surface area contributed by atoms with E-state index in [0.29, 0.717) is 18.7 Å². The van der Waals surface area contributed by atoms with Crippen molar-refractivity contribution in [3.8, 4) is 6.07 Å². The van der Waals surface area contributed by atoms with Crippen LogP contribution in [0.15, 0.2) is 29.7 Å². The Morgan fingerprint density at radius 1 is 1.25 bits per heavy atom. The maximum atomic E-state index is 14.4. The molecule has 0 radical (unpaired) electrons. The molecule has 0 bridgehead atoms. The summed E-state index contributed by atoms with van der Waals surface area (Å²) in [6, 6.07) is 3.39. The quantitative estimate of drug-likeness (QED) is 0.0689. The van der Waals surface area contributed by atoms with Crippen LogP contribution in [0, 0.1) is 23.2 Å². The smallest absolute Gasteiger partial charge is 0.408 e.